The molecular weight excluding hydrogens is 254 g/mol. The molecule has 1 aliphatic carbocycles. The first-order valence-corrected chi connectivity index (χ1v) is 6.93. The van der Waals surface area contributed by atoms with Crippen LogP contribution >= 0.6 is 0 Å². The molecule has 0 heterocycles. The van der Waals surface area contributed by atoms with Gasteiger partial charge >= 0.3 is 6.03 Å². The van der Waals surface area contributed by atoms with Crippen LogP contribution in [0.1, 0.15) is 26.2 Å². The predicted octanol–water partition coefficient (Wildman–Crippen LogP) is 2.90. The number of nitrogens with zero attached hydrogens (tertiary/aromatic N) is 1. The van der Waals surface area contributed by atoms with Crippen molar-refractivity contribution in [2.24, 2.45) is 5.92 Å². The van der Waals surface area contributed by atoms with Crippen LogP contribution in [-0.2, 0) is 0 Å². The van der Waals surface area contributed by atoms with Gasteiger partial charge in [0.25, 0.3) is 0 Å². The molecule has 0 saturated heterocycles. The van der Waals surface area contributed by atoms with Crippen LogP contribution in [0, 0.1) is 17.2 Å². The number of urea groups is 1. The number of carbonyl (C=O) groups excluding carboxylic acids is 1. The number of para-hydroxylation sites is 2. The molecule has 0 bridgehead atoms. The van der Waals surface area contributed by atoms with E-state index >= 15 is 0 Å². The van der Waals surface area contributed by atoms with Crippen LogP contribution in [0.15, 0.2) is 24.3 Å². The first-order chi connectivity index (χ1) is 9.74. The molecule has 20 heavy (non-hydrogen) atoms. The molecule has 2 N–H and O–H groups in total. The summed E-state index contributed by atoms with van der Waals surface area (Å²) in [4.78, 5) is 12.0. The zero-order valence-electron chi connectivity index (χ0n) is 11.6. The van der Waals surface area contributed by atoms with E-state index in [2.05, 4.69) is 16.7 Å². The summed E-state index contributed by atoms with van der Waals surface area (Å²) in [5.74, 6) is 0.566. The lowest BCUT2D eigenvalue weighted by atomic mass is 10.1. The number of amides is 2. The molecule has 0 spiro atoms. The normalized spacial score (nSPS) is 21.0. The van der Waals surface area contributed by atoms with Gasteiger partial charge in [0, 0.05) is 6.04 Å². The lowest BCUT2D eigenvalue weighted by Crippen LogP contribution is -2.39. The maximum atomic E-state index is 12.0. The number of nitriles is 1. The van der Waals surface area contributed by atoms with Crippen LogP contribution in [0.3, 0.4) is 0 Å². The monoisotopic (exact) mass is 273 g/mol. The molecule has 5 heteroatoms. The Morgan fingerprint density at radius 1 is 1.45 bits per heavy atom. The highest BCUT2D eigenvalue weighted by atomic mass is 16.5. The Bertz CT molecular complexity index is 510. The molecule has 0 unspecified atom stereocenters. The van der Waals surface area contributed by atoms with Gasteiger partial charge in [-0.05, 0) is 38.3 Å². The van der Waals surface area contributed by atoms with Crippen molar-refractivity contribution in [3.8, 4) is 11.8 Å². The van der Waals surface area contributed by atoms with Crippen LogP contribution < -0.4 is 15.4 Å². The highest BCUT2D eigenvalue weighted by Gasteiger charge is 2.28. The second-order valence-electron chi connectivity index (χ2n) is 4.80. The number of hydrogen-bond donors (Lipinski definition) is 2. The molecule has 2 rings (SSSR count). The van der Waals surface area contributed by atoms with Crippen LogP contribution in [0.5, 0.6) is 5.75 Å². The summed E-state index contributed by atoms with van der Waals surface area (Å²) >= 11 is 0. The van der Waals surface area contributed by atoms with Crippen molar-refractivity contribution < 1.29 is 9.53 Å². The zero-order valence-corrected chi connectivity index (χ0v) is 11.6. The fraction of sp³-hybridized carbons (Fsp3) is 0.467. The molecule has 1 aliphatic rings. The third-order valence-corrected chi connectivity index (χ3v) is 3.43. The SMILES string of the molecule is CCOc1ccccc1NC(=O)N[C@H]1CCC[C@@H]1C#N. The molecule has 2 amide bonds. The average molecular weight is 273 g/mol. The minimum absolute atomic E-state index is 0.0562. The third-order valence-electron chi connectivity index (χ3n) is 3.43. The summed E-state index contributed by atoms with van der Waals surface area (Å²) in [6, 6.07) is 9.21. The highest BCUT2D eigenvalue weighted by molar-refractivity contribution is 5.91. The highest BCUT2D eigenvalue weighted by Crippen LogP contribution is 2.26. The van der Waals surface area contributed by atoms with Crippen molar-refractivity contribution in [3.63, 3.8) is 0 Å². The molecule has 106 valence electrons. The molecule has 2 atom stereocenters. The summed E-state index contributed by atoms with van der Waals surface area (Å²) in [5.41, 5.74) is 0.637. The zero-order chi connectivity index (χ0) is 14.4. The van der Waals surface area contributed by atoms with Crippen molar-refractivity contribution in [1.29, 1.82) is 5.26 Å². The summed E-state index contributed by atoms with van der Waals surface area (Å²) in [6.45, 7) is 2.44. The van der Waals surface area contributed by atoms with Gasteiger partial charge in [-0.2, -0.15) is 5.26 Å². The van der Waals surface area contributed by atoms with Gasteiger partial charge in [0.1, 0.15) is 5.75 Å². The van der Waals surface area contributed by atoms with E-state index in [9.17, 15) is 4.79 Å². The fourth-order valence-corrected chi connectivity index (χ4v) is 2.47. The molecule has 1 fully saturated rings. The maximum absolute atomic E-state index is 12.0. The minimum Gasteiger partial charge on any atom is -0.492 e. The van der Waals surface area contributed by atoms with Crippen LogP contribution in [0.4, 0.5) is 10.5 Å². The Morgan fingerprint density at radius 2 is 2.25 bits per heavy atom. The minimum atomic E-state index is -0.288. The molecule has 5 nitrogen and oxygen atoms in total. The number of hydrogen-bond acceptors (Lipinski definition) is 3. The van der Waals surface area contributed by atoms with E-state index in [1.807, 2.05) is 25.1 Å². The van der Waals surface area contributed by atoms with Crippen LogP contribution in [-0.4, -0.2) is 18.7 Å². The number of rotatable bonds is 4. The van der Waals surface area contributed by atoms with Gasteiger partial charge in [0.15, 0.2) is 0 Å². The first-order valence-electron chi connectivity index (χ1n) is 6.93. The molecule has 0 aliphatic heterocycles. The van der Waals surface area contributed by atoms with Crippen molar-refractivity contribution in [2.75, 3.05) is 11.9 Å². The molecule has 0 aromatic heterocycles. The molecular formula is C15H19N3O2. The largest absolute Gasteiger partial charge is 0.492 e. The number of carbonyl (C=O) groups is 1. The van der Waals surface area contributed by atoms with E-state index in [-0.39, 0.29) is 18.0 Å². The third kappa shape index (κ3) is 3.41. The first kappa shape index (κ1) is 14.2. The number of anilines is 1. The Balaban J connectivity index is 1.96. The van der Waals surface area contributed by atoms with Gasteiger partial charge in [-0.25, -0.2) is 4.79 Å². The molecule has 1 aromatic carbocycles. The van der Waals surface area contributed by atoms with Crippen molar-refractivity contribution in [3.05, 3.63) is 24.3 Å². The van der Waals surface area contributed by atoms with Crippen molar-refractivity contribution in [2.45, 2.75) is 32.2 Å². The summed E-state index contributed by atoms with van der Waals surface area (Å²) < 4.78 is 5.46. The smallest absolute Gasteiger partial charge is 0.319 e. The van der Waals surface area contributed by atoms with Gasteiger partial charge < -0.3 is 15.4 Å². The fourth-order valence-electron chi connectivity index (χ4n) is 2.47. The van der Waals surface area contributed by atoms with E-state index in [0.717, 1.165) is 19.3 Å². The number of ether oxygens (including phenoxy) is 1. The number of benzene rings is 1. The lowest BCUT2D eigenvalue weighted by molar-refractivity contribution is 0.247. The Kier molecular flexibility index (Phi) is 4.83. The van der Waals surface area contributed by atoms with Crippen molar-refractivity contribution >= 4 is 11.7 Å². The predicted molar refractivity (Wildman–Crippen MR) is 76.5 cm³/mol. The maximum Gasteiger partial charge on any atom is 0.319 e. The van der Waals surface area contributed by atoms with Crippen molar-refractivity contribution in [1.82, 2.24) is 5.32 Å². The summed E-state index contributed by atoms with van der Waals surface area (Å²) in [6.07, 6.45) is 2.70. The van der Waals surface area contributed by atoms with E-state index in [1.54, 1.807) is 6.07 Å². The van der Waals surface area contributed by atoms with Crippen LogP contribution in [0.25, 0.3) is 0 Å². The van der Waals surface area contributed by atoms with Gasteiger partial charge in [-0.1, -0.05) is 12.1 Å². The molecule has 1 aromatic rings. The Hall–Kier alpha value is -2.22. The second-order valence-corrected chi connectivity index (χ2v) is 4.80. The Labute approximate surface area is 118 Å². The van der Waals surface area contributed by atoms with E-state index < -0.39 is 0 Å². The van der Waals surface area contributed by atoms with Gasteiger partial charge in [-0.3, -0.25) is 0 Å². The summed E-state index contributed by atoms with van der Waals surface area (Å²) in [7, 11) is 0. The van der Waals surface area contributed by atoms with Gasteiger partial charge in [-0.15, -0.1) is 0 Å². The second kappa shape index (κ2) is 6.80. The Morgan fingerprint density at radius 3 is 3.00 bits per heavy atom. The van der Waals surface area contributed by atoms with E-state index in [4.69, 9.17) is 10.00 Å². The quantitative estimate of drug-likeness (QED) is 0.885. The molecule has 1 saturated carbocycles. The summed E-state index contributed by atoms with van der Waals surface area (Å²) in [5, 5.41) is 14.7. The van der Waals surface area contributed by atoms with Gasteiger partial charge in [0.05, 0.1) is 24.3 Å². The number of nitrogens with one attached hydrogen (secondary N) is 2. The topological polar surface area (TPSA) is 74.2 Å². The van der Waals surface area contributed by atoms with E-state index in [1.165, 1.54) is 0 Å². The van der Waals surface area contributed by atoms with Gasteiger partial charge in [0.2, 0.25) is 0 Å². The average Bonchev–Trinajstić information content (AvgIpc) is 2.88. The lowest BCUT2D eigenvalue weighted by Gasteiger charge is -2.17. The standard InChI is InChI=1S/C15H19N3O2/c1-2-20-14-9-4-3-7-13(14)18-15(19)17-12-8-5-6-11(12)10-16/h3-4,7,9,11-12H,2,5-6,8H2,1H3,(H2,17,18,19)/t11-,12+/m1/s1. The van der Waals surface area contributed by atoms with Crippen LogP contribution in [0.2, 0.25) is 0 Å². The van der Waals surface area contributed by atoms with E-state index in [0.29, 0.717) is 18.0 Å². The molecule has 0 radical (unpaired) electrons.